The highest BCUT2D eigenvalue weighted by Gasteiger charge is 2.06. The van der Waals surface area contributed by atoms with Gasteiger partial charge in [-0.1, -0.05) is 6.92 Å². The highest BCUT2D eigenvalue weighted by molar-refractivity contribution is 9.10. The van der Waals surface area contributed by atoms with Gasteiger partial charge in [-0.05, 0) is 35.3 Å². The molecule has 2 rings (SSSR count). The number of halogens is 1. The van der Waals surface area contributed by atoms with Gasteiger partial charge in [-0.25, -0.2) is 9.97 Å². The second-order valence-corrected chi connectivity index (χ2v) is 6.12. The molecule has 0 saturated carbocycles. The van der Waals surface area contributed by atoms with E-state index in [0.29, 0.717) is 0 Å². The first kappa shape index (κ1) is 14.3. The minimum Gasteiger partial charge on any atom is -0.370 e. The van der Waals surface area contributed by atoms with Crippen LogP contribution in [0.4, 0.5) is 11.6 Å². The van der Waals surface area contributed by atoms with Crippen LogP contribution in [0.5, 0.6) is 0 Å². The van der Waals surface area contributed by atoms with Crippen molar-refractivity contribution in [1.82, 2.24) is 9.97 Å². The van der Waals surface area contributed by atoms with Crippen LogP contribution in [0.1, 0.15) is 23.8 Å². The summed E-state index contributed by atoms with van der Waals surface area (Å²) in [7, 11) is 0. The number of thiophene rings is 1. The minimum absolute atomic E-state index is 0.779. The fourth-order valence-electron chi connectivity index (χ4n) is 1.67. The minimum atomic E-state index is 0.779. The molecular weight excluding hydrogens is 324 g/mol. The molecule has 2 N–H and O–H groups in total. The molecule has 2 aromatic rings. The average molecular weight is 341 g/mol. The number of rotatable bonds is 6. The van der Waals surface area contributed by atoms with E-state index in [2.05, 4.69) is 54.9 Å². The lowest BCUT2D eigenvalue weighted by atomic mass is 10.3. The van der Waals surface area contributed by atoms with Crippen LogP contribution in [0.2, 0.25) is 0 Å². The van der Waals surface area contributed by atoms with Gasteiger partial charge in [-0.3, -0.25) is 0 Å². The van der Waals surface area contributed by atoms with E-state index in [1.54, 1.807) is 17.7 Å². The van der Waals surface area contributed by atoms with E-state index in [1.165, 1.54) is 4.88 Å². The van der Waals surface area contributed by atoms with Crippen LogP contribution in [0.3, 0.4) is 0 Å². The number of anilines is 2. The standard InChI is InChI=1S/C13H17BrN4S/c1-3-4-15-12-9(2)13(18-8-17-12)16-6-11-5-10(14)7-19-11/h5,7-8H,3-4,6H2,1-2H3,(H2,15,16,17,18). The van der Waals surface area contributed by atoms with Crippen LogP contribution >= 0.6 is 27.3 Å². The smallest absolute Gasteiger partial charge is 0.134 e. The Morgan fingerprint density at radius 1 is 1.26 bits per heavy atom. The molecule has 4 nitrogen and oxygen atoms in total. The molecule has 0 radical (unpaired) electrons. The molecule has 0 unspecified atom stereocenters. The maximum atomic E-state index is 4.30. The Balaban J connectivity index is 2.03. The molecule has 0 amide bonds. The first-order valence-corrected chi connectivity index (χ1v) is 7.90. The Morgan fingerprint density at radius 3 is 2.63 bits per heavy atom. The van der Waals surface area contributed by atoms with E-state index in [0.717, 1.165) is 41.2 Å². The van der Waals surface area contributed by atoms with Gasteiger partial charge in [0.05, 0.1) is 6.54 Å². The van der Waals surface area contributed by atoms with Gasteiger partial charge in [-0.15, -0.1) is 11.3 Å². The van der Waals surface area contributed by atoms with Gasteiger partial charge in [0.2, 0.25) is 0 Å². The van der Waals surface area contributed by atoms with Gasteiger partial charge >= 0.3 is 0 Å². The topological polar surface area (TPSA) is 49.8 Å². The summed E-state index contributed by atoms with van der Waals surface area (Å²) in [5, 5.41) is 8.75. The highest BCUT2D eigenvalue weighted by Crippen LogP contribution is 2.22. The van der Waals surface area contributed by atoms with Crippen LogP contribution < -0.4 is 10.6 Å². The first-order chi connectivity index (χ1) is 9.20. The largest absolute Gasteiger partial charge is 0.370 e. The van der Waals surface area contributed by atoms with Crippen LogP contribution in [0.15, 0.2) is 22.2 Å². The third kappa shape index (κ3) is 3.91. The Labute approximate surface area is 125 Å². The van der Waals surface area contributed by atoms with Crippen LogP contribution in [-0.4, -0.2) is 16.5 Å². The van der Waals surface area contributed by atoms with Gasteiger partial charge in [0.15, 0.2) is 0 Å². The number of hydrogen-bond donors (Lipinski definition) is 2. The zero-order valence-electron chi connectivity index (χ0n) is 11.0. The zero-order chi connectivity index (χ0) is 13.7. The number of aromatic nitrogens is 2. The number of nitrogens with one attached hydrogen (secondary N) is 2. The molecule has 0 spiro atoms. The van der Waals surface area contributed by atoms with Crippen molar-refractivity contribution in [1.29, 1.82) is 0 Å². The zero-order valence-corrected chi connectivity index (χ0v) is 13.4. The number of hydrogen-bond acceptors (Lipinski definition) is 5. The van der Waals surface area contributed by atoms with Gasteiger partial charge in [0.25, 0.3) is 0 Å². The molecule has 0 aliphatic heterocycles. The normalized spacial score (nSPS) is 10.5. The predicted octanol–water partition coefficient (Wildman–Crippen LogP) is 4.04. The molecule has 2 heterocycles. The van der Waals surface area contributed by atoms with E-state index in [-0.39, 0.29) is 0 Å². The monoisotopic (exact) mass is 340 g/mol. The maximum absolute atomic E-state index is 4.30. The summed E-state index contributed by atoms with van der Waals surface area (Å²) in [6, 6.07) is 2.12. The Morgan fingerprint density at radius 2 is 2.00 bits per heavy atom. The summed E-state index contributed by atoms with van der Waals surface area (Å²) in [5.74, 6) is 1.80. The molecule has 0 fully saturated rings. The van der Waals surface area contributed by atoms with E-state index >= 15 is 0 Å². The van der Waals surface area contributed by atoms with E-state index < -0.39 is 0 Å². The molecule has 0 aliphatic rings. The van der Waals surface area contributed by atoms with Crippen molar-refractivity contribution in [3.63, 3.8) is 0 Å². The maximum Gasteiger partial charge on any atom is 0.134 e. The summed E-state index contributed by atoms with van der Waals surface area (Å²) in [4.78, 5) is 9.84. The molecule has 0 bridgehead atoms. The number of nitrogens with zero attached hydrogens (tertiary/aromatic N) is 2. The Bertz CT molecular complexity index is 541. The van der Waals surface area contributed by atoms with Crippen molar-refractivity contribution < 1.29 is 0 Å². The average Bonchev–Trinajstić information content (AvgIpc) is 2.82. The fraction of sp³-hybridized carbons (Fsp3) is 0.385. The molecule has 0 saturated heterocycles. The first-order valence-electron chi connectivity index (χ1n) is 6.23. The summed E-state index contributed by atoms with van der Waals surface area (Å²) in [5.41, 5.74) is 1.06. The van der Waals surface area contributed by atoms with E-state index in [1.807, 2.05) is 6.92 Å². The molecule has 2 aromatic heterocycles. The van der Waals surface area contributed by atoms with Gasteiger partial charge in [0.1, 0.15) is 18.0 Å². The second kappa shape index (κ2) is 6.86. The summed E-state index contributed by atoms with van der Waals surface area (Å²) in [6.07, 6.45) is 2.67. The van der Waals surface area contributed by atoms with Gasteiger partial charge in [-0.2, -0.15) is 0 Å². The van der Waals surface area contributed by atoms with Crippen molar-refractivity contribution >= 4 is 38.9 Å². The fourth-order valence-corrected chi connectivity index (χ4v) is 3.06. The SMILES string of the molecule is CCCNc1ncnc(NCc2cc(Br)cs2)c1C. The Hall–Kier alpha value is -1.14. The lowest BCUT2D eigenvalue weighted by Crippen LogP contribution is -2.08. The van der Waals surface area contributed by atoms with E-state index in [4.69, 9.17) is 0 Å². The quantitative estimate of drug-likeness (QED) is 0.832. The van der Waals surface area contributed by atoms with Crippen LogP contribution in [-0.2, 0) is 6.54 Å². The molecule has 0 atom stereocenters. The van der Waals surface area contributed by atoms with Crippen LogP contribution in [0, 0.1) is 6.92 Å². The highest BCUT2D eigenvalue weighted by atomic mass is 79.9. The molecular formula is C13H17BrN4S. The lowest BCUT2D eigenvalue weighted by molar-refractivity contribution is 0.957. The van der Waals surface area contributed by atoms with Crippen molar-refractivity contribution in [3.8, 4) is 0 Å². The summed E-state index contributed by atoms with van der Waals surface area (Å²) in [6.45, 7) is 5.87. The van der Waals surface area contributed by atoms with Crippen molar-refractivity contribution in [3.05, 3.63) is 32.7 Å². The lowest BCUT2D eigenvalue weighted by Gasteiger charge is -2.11. The molecule has 6 heteroatoms. The summed E-state index contributed by atoms with van der Waals surface area (Å²) >= 11 is 5.18. The summed E-state index contributed by atoms with van der Waals surface area (Å²) < 4.78 is 1.12. The second-order valence-electron chi connectivity index (χ2n) is 4.21. The van der Waals surface area contributed by atoms with E-state index in [9.17, 15) is 0 Å². The van der Waals surface area contributed by atoms with Gasteiger partial charge in [0, 0.05) is 26.8 Å². The predicted molar refractivity (Wildman–Crippen MR) is 84.9 cm³/mol. The Kier molecular flexibility index (Phi) is 5.15. The van der Waals surface area contributed by atoms with Gasteiger partial charge < -0.3 is 10.6 Å². The molecule has 102 valence electrons. The van der Waals surface area contributed by atoms with Crippen molar-refractivity contribution in [2.45, 2.75) is 26.8 Å². The van der Waals surface area contributed by atoms with Crippen molar-refractivity contribution in [2.75, 3.05) is 17.2 Å². The third-order valence-corrected chi connectivity index (χ3v) is 4.38. The molecule has 0 aromatic carbocycles. The van der Waals surface area contributed by atoms with Crippen molar-refractivity contribution in [2.24, 2.45) is 0 Å². The molecule has 19 heavy (non-hydrogen) atoms. The molecule has 0 aliphatic carbocycles. The van der Waals surface area contributed by atoms with Crippen LogP contribution in [0.25, 0.3) is 0 Å². The third-order valence-electron chi connectivity index (χ3n) is 2.68.